The van der Waals surface area contributed by atoms with Crippen LogP contribution in [0.15, 0.2) is 0 Å². The minimum atomic E-state index is -5.00. The number of esters is 1. The molecule has 0 saturated heterocycles. The molecule has 632 valence electrons. The summed E-state index contributed by atoms with van der Waals surface area (Å²) in [6.07, 6.45) is 28.4. The van der Waals surface area contributed by atoms with Crippen LogP contribution in [0.1, 0.15) is 314 Å². The highest BCUT2D eigenvalue weighted by Crippen LogP contribution is 2.57. The van der Waals surface area contributed by atoms with E-state index in [1.165, 1.54) is 0 Å². The minimum absolute atomic E-state index is 0.0309. The number of hydrogen-bond acceptors (Lipinski definition) is 21. The van der Waals surface area contributed by atoms with Gasteiger partial charge in [-0.3, -0.25) is 59.1 Å². The summed E-state index contributed by atoms with van der Waals surface area (Å²) in [6.45, 7) is 49.5. The van der Waals surface area contributed by atoms with Gasteiger partial charge in [-0.25, -0.2) is 44.5 Å². The van der Waals surface area contributed by atoms with E-state index in [0.29, 0.717) is 45.3 Å². The monoisotopic (exact) mass is 1610 g/mol. The quantitative estimate of drug-likeness (QED) is 0.0237. The van der Waals surface area contributed by atoms with Crippen LogP contribution in [0.25, 0.3) is 19.4 Å². The highest BCUT2D eigenvalue weighted by Gasteiger charge is 2.42. The van der Waals surface area contributed by atoms with Crippen LogP contribution in [0.4, 0.5) is 0 Å². The summed E-state index contributed by atoms with van der Waals surface area (Å²) in [5.74, 6) is -0.284. The second-order valence-electron chi connectivity index (χ2n) is 28.8. The summed E-state index contributed by atoms with van der Waals surface area (Å²) in [5, 5.41) is 0. The number of unbranched alkanes of at least 4 members (excludes halogenated alkanes) is 16. The van der Waals surface area contributed by atoms with Crippen LogP contribution in [0.3, 0.4) is 0 Å². The molecule has 108 heavy (non-hydrogen) atoms. The highest BCUT2D eigenvalue weighted by atomic mass is 31.2. The molecule has 0 rings (SSSR count). The molecule has 0 N–H and O–H groups in total. The van der Waals surface area contributed by atoms with Gasteiger partial charge in [-0.1, -0.05) is 224 Å². The Morgan fingerprint density at radius 1 is 0.287 bits per heavy atom. The number of rotatable bonds is 82. The molecule has 0 amide bonds. The molecule has 7 unspecified atom stereocenters. The van der Waals surface area contributed by atoms with Crippen molar-refractivity contribution in [3.63, 3.8) is 0 Å². The average Bonchev–Trinajstić information content (AvgIpc) is 0.825. The Kier molecular flexibility index (Phi) is 66.6. The van der Waals surface area contributed by atoms with Crippen molar-refractivity contribution in [2.75, 3.05) is 132 Å². The van der Waals surface area contributed by atoms with E-state index in [2.05, 4.69) is 88.6 Å². The van der Waals surface area contributed by atoms with Gasteiger partial charge in [-0.2, -0.15) is 0 Å². The lowest BCUT2D eigenvalue weighted by Gasteiger charge is -2.35. The van der Waals surface area contributed by atoms with Crippen LogP contribution in [0, 0.1) is 42.5 Å². The molecule has 29 heteroatoms. The topological polar surface area (TPSA) is 250 Å². The Bertz CT molecular complexity index is 2510. The summed E-state index contributed by atoms with van der Waals surface area (Å²) in [4.78, 5) is 25.4. The maximum Gasteiger partial charge on any atom is 0.475 e. The maximum atomic E-state index is 15.8. The third-order valence-electron chi connectivity index (χ3n) is 18.9. The van der Waals surface area contributed by atoms with E-state index in [-0.39, 0.29) is 114 Å². The molecule has 0 fully saturated rings. The Morgan fingerprint density at radius 2 is 0.519 bits per heavy atom. The molecule has 0 bridgehead atoms. The van der Waals surface area contributed by atoms with E-state index in [1.807, 2.05) is 0 Å². The van der Waals surface area contributed by atoms with Crippen molar-refractivity contribution in [3.05, 3.63) is 45.7 Å². The predicted octanol–water partition coefficient (Wildman–Crippen LogP) is 23.6. The first kappa shape index (κ1) is 106. The molecular formula is C79H150N4O21P4. The van der Waals surface area contributed by atoms with Gasteiger partial charge in [-0.15, -0.1) is 0 Å². The van der Waals surface area contributed by atoms with Gasteiger partial charge < -0.3 is 38.3 Å². The molecule has 0 aromatic rings. The molecular weight excluding hydrogens is 1460 g/mol. The second kappa shape index (κ2) is 68.0. The van der Waals surface area contributed by atoms with Gasteiger partial charge in [-0.05, 0) is 99.7 Å². The molecule has 0 saturated carbocycles. The zero-order chi connectivity index (χ0) is 80.3. The van der Waals surface area contributed by atoms with Crippen LogP contribution in [-0.4, -0.2) is 156 Å². The summed E-state index contributed by atoms with van der Waals surface area (Å²) in [6, 6.07) is 0. The minimum Gasteiger partial charge on any atom is -0.466 e. The number of ether oxygens (including phenoxy) is 4. The number of hydrogen-bond donors (Lipinski definition) is 0. The van der Waals surface area contributed by atoms with Gasteiger partial charge in [0.1, 0.15) is 44.7 Å². The van der Waals surface area contributed by atoms with Crippen LogP contribution >= 0.6 is 31.3 Å². The molecule has 0 heterocycles. The van der Waals surface area contributed by atoms with E-state index in [4.69, 9.17) is 99.5 Å². The van der Waals surface area contributed by atoms with Crippen molar-refractivity contribution in [1.29, 1.82) is 0 Å². The number of nitrogens with zero attached hydrogens (tertiary/aromatic N) is 4. The molecule has 0 aliphatic carbocycles. The Morgan fingerprint density at radius 3 is 0.787 bits per heavy atom. The zero-order valence-electron chi connectivity index (χ0n) is 69.2. The fourth-order valence-electron chi connectivity index (χ4n) is 12.5. The van der Waals surface area contributed by atoms with Gasteiger partial charge in [0.15, 0.2) is 0 Å². The summed E-state index contributed by atoms with van der Waals surface area (Å²) >= 11 is 0. The first-order valence-electron chi connectivity index (χ1n) is 41.6. The van der Waals surface area contributed by atoms with Crippen molar-refractivity contribution in [2.45, 2.75) is 332 Å². The standard InChI is InChI=1S/C79H150N4O21P4/c1-16-27-37-38-42-58-93-105(85,95-60-53-80-12)99-67-73(64-89-70-77(44-28-17-2,45-29-18-3)46-30-19-4)103-107(87,97-62-55-82-14)101-69-75(66-91-72-79(50-34-23-8,51-35-24-9)52-36-25-10)104-108(88,98-63-56-83-15)100-68-74(65-90-71-78(47-31-20-5,48-32-21-6)49-33-22-7)102-106(86,96-61-54-81-13)94-59-43-40-39-41-57-92-76(84)26-11/h73-75H,16-72H2,1-11H3. The third kappa shape index (κ3) is 53.0. The van der Waals surface area contributed by atoms with Crippen LogP contribution in [0.5, 0.6) is 0 Å². The van der Waals surface area contributed by atoms with Crippen LogP contribution in [-0.2, 0) is 96.3 Å². The Balaban J connectivity index is 8.48. The fourth-order valence-corrected chi connectivity index (χ4v) is 17.7. The van der Waals surface area contributed by atoms with E-state index in [9.17, 15) is 13.9 Å². The van der Waals surface area contributed by atoms with Gasteiger partial charge >= 0.3 is 37.3 Å². The van der Waals surface area contributed by atoms with E-state index < -0.39 is 82.6 Å². The van der Waals surface area contributed by atoms with Crippen LogP contribution in [0.2, 0.25) is 0 Å². The summed E-state index contributed by atoms with van der Waals surface area (Å²) in [5.41, 5.74) is -0.654. The van der Waals surface area contributed by atoms with Crippen molar-refractivity contribution in [2.24, 2.45) is 16.2 Å². The molecule has 0 spiro atoms. The van der Waals surface area contributed by atoms with Crippen molar-refractivity contribution in [3.8, 4) is 0 Å². The molecule has 0 radical (unpaired) electrons. The normalized spacial score (nSPS) is 15.2. The van der Waals surface area contributed by atoms with Crippen molar-refractivity contribution < 1.29 is 96.3 Å². The number of carbonyl (C=O) groups is 1. The highest BCUT2D eigenvalue weighted by molar-refractivity contribution is 7.49. The average molecular weight is 1620 g/mol. The molecule has 0 aliphatic heterocycles. The SMILES string of the molecule is [C-]#[N+]CCOP(=O)(OCCCCCCC)OCC(COCC(CCCC)(CCCC)CCCC)OP(=O)(OCC[N+]#[C-])OCC(COCC(CCCC)(CCCC)CCCC)OP(=O)(OCC[N+]#[C-])OCC(COCC(CCCC)(CCCC)CCCC)OP(=O)(OCCCCCCOC(=O)CC)OCC[N+]#[C-]. The smallest absolute Gasteiger partial charge is 0.466 e. The molecule has 0 aromatic carbocycles. The third-order valence-corrected chi connectivity index (χ3v) is 25.0. The van der Waals surface area contributed by atoms with Gasteiger partial charge in [0.05, 0.1) is 79.3 Å². The zero-order valence-corrected chi connectivity index (χ0v) is 72.8. The van der Waals surface area contributed by atoms with E-state index >= 15 is 9.13 Å². The largest absolute Gasteiger partial charge is 0.475 e. The van der Waals surface area contributed by atoms with Gasteiger partial charge in [0.2, 0.25) is 26.2 Å². The first-order chi connectivity index (χ1) is 52.2. The number of phosphoric acid groups is 4. The lowest BCUT2D eigenvalue weighted by molar-refractivity contribution is -0.143. The Hall–Kier alpha value is -2.25. The Labute approximate surface area is 656 Å². The van der Waals surface area contributed by atoms with Gasteiger partial charge in [0.25, 0.3) is 0 Å². The molecule has 25 nitrogen and oxygen atoms in total. The van der Waals surface area contributed by atoms with Crippen LogP contribution < -0.4 is 0 Å². The molecule has 0 aromatic heterocycles. The molecule has 0 aliphatic rings. The van der Waals surface area contributed by atoms with Crippen molar-refractivity contribution >= 4 is 37.3 Å². The predicted molar refractivity (Wildman–Crippen MR) is 428 cm³/mol. The lowest BCUT2D eigenvalue weighted by Crippen LogP contribution is -2.33. The first-order valence-corrected chi connectivity index (χ1v) is 47.5. The van der Waals surface area contributed by atoms with Gasteiger partial charge in [0, 0.05) is 6.42 Å². The van der Waals surface area contributed by atoms with Crippen molar-refractivity contribution in [1.82, 2.24) is 0 Å². The number of phosphoric ester groups is 4. The van der Waals surface area contributed by atoms with E-state index in [1.54, 1.807) is 6.92 Å². The second-order valence-corrected chi connectivity index (χ2v) is 35.3. The fraction of sp³-hybridized carbons (Fsp3) is 0.937. The maximum absolute atomic E-state index is 15.8. The number of carbonyl (C=O) groups excluding carboxylic acids is 1. The lowest BCUT2D eigenvalue weighted by atomic mass is 9.75. The summed E-state index contributed by atoms with van der Waals surface area (Å²) < 4.78 is 160. The summed E-state index contributed by atoms with van der Waals surface area (Å²) in [7, 11) is -19.0. The van der Waals surface area contributed by atoms with E-state index in [0.717, 1.165) is 199 Å². The molecule has 7 atom stereocenters.